The van der Waals surface area contributed by atoms with Crippen LogP contribution in [0.2, 0.25) is 0 Å². The molecule has 142 valence electrons. The standard InChI is InChI=1S/C18H27N5O3/c19-15-6-3-5-14(22-15)16(25)20-11-13(12-24)21-17(26)18(7-4-8-18)23-9-1-2-10-23/h3,5-6,13,24H,1-2,4,7-12H2,(H2,19,22)(H,20,25)(H,21,26). The largest absolute Gasteiger partial charge is 0.394 e. The molecule has 26 heavy (non-hydrogen) atoms. The van der Waals surface area contributed by atoms with Gasteiger partial charge in [-0.05, 0) is 57.3 Å². The first-order chi connectivity index (χ1) is 12.5. The molecule has 8 nitrogen and oxygen atoms in total. The lowest BCUT2D eigenvalue weighted by Crippen LogP contribution is -2.64. The molecule has 1 aliphatic heterocycles. The summed E-state index contributed by atoms with van der Waals surface area (Å²) < 4.78 is 0. The Morgan fingerprint density at radius 1 is 1.27 bits per heavy atom. The van der Waals surface area contributed by atoms with E-state index in [9.17, 15) is 14.7 Å². The summed E-state index contributed by atoms with van der Waals surface area (Å²) in [7, 11) is 0. The van der Waals surface area contributed by atoms with Gasteiger partial charge < -0.3 is 21.5 Å². The second-order valence-corrected chi connectivity index (χ2v) is 7.09. The number of nitrogens with one attached hydrogen (secondary N) is 2. The Labute approximate surface area is 153 Å². The number of rotatable bonds is 7. The monoisotopic (exact) mass is 361 g/mol. The zero-order valence-electron chi connectivity index (χ0n) is 14.9. The van der Waals surface area contributed by atoms with E-state index in [4.69, 9.17) is 5.73 Å². The summed E-state index contributed by atoms with van der Waals surface area (Å²) in [6.45, 7) is 1.80. The van der Waals surface area contributed by atoms with Gasteiger partial charge in [-0.1, -0.05) is 6.07 Å². The maximum absolute atomic E-state index is 12.9. The van der Waals surface area contributed by atoms with Crippen molar-refractivity contribution in [2.45, 2.75) is 43.7 Å². The number of carbonyl (C=O) groups excluding carboxylic acids is 2. The molecule has 1 aliphatic carbocycles. The second-order valence-electron chi connectivity index (χ2n) is 7.09. The van der Waals surface area contributed by atoms with Crippen LogP contribution in [-0.2, 0) is 4.79 Å². The third-order valence-electron chi connectivity index (χ3n) is 5.38. The van der Waals surface area contributed by atoms with Gasteiger partial charge >= 0.3 is 0 Å². The summed E-state index contributed by atoms with van der Waals surface area (Å²) in [5, 5.41) is 15.2. The molecule has 2 amide bonds. The van der Waals surface area contributed by atoms with Gasteiger partial charge in [0.1, 0.15) is 17.1 Å². The van der Waals surface area contributed by atoms with Gasteiger partial charge in [-0.2, -0.15) is 0 Å². The van der Waals surface area contributed by atoms with Crippen molar-refractivity contribution in [3.8, 4) is 0 Å². The predicted octanol–water partition coefficient (Wildman–Crippen LogP) is -0.111. The van der Waals surface area contributed by atoms with Crippen molar-refractivity contribution in [1.82, 2.24) is 20.5 Å². The lowest BCUT2D eigenvalue weighted by atomic mass is 9.74. The van der Waals surface area contributed by atoms with Crippen LogP contribution in [0.15, 0.2) is 18.2 Å². The molecule has 1 saturated carbocycles. The van der Waals surface area contributed by atoms with Crippen LogP contribution in [0.25, 0.3) is 0 Å². The first-order valence-corrected chi connectivity index (χ1v) is 9.23. The van der Waals surface area contributed by atoms with Crippen LogP contribution < -0.4 is 16.4 Å². The highest BCUT2D eigenvalue weighted by molar-refractivity contribution is 5.92. The van der Waals surface area contributed by atoms with Crippen molar-refractivity contribution < 1.29 is 14.7 Å². The fraction of sp³-hybridized carbons (Fsp3) is 0.611. The lowest BCUT2D eigenvalue weighted by Gasteiger charge is -2.47. The summed E-state index contributed by atoms with van der Waals surface area (Å²) in [4.78, 5) is 31.2. The normalized spacial score (nSPS) is 20.2. The third-order valence-corrected chi connectivity index (χ3v) is 5.38. The van der Waals surface area contributed by atoms with Crippen molar-refractivity contribution >= 4 is 17.6 Å². The van der Waals surface area contributed by atoms with Crippen molar-refractivity contribution in [3.05, 3.63) is 23.9 Å². The quantitative estimate of drug-likeness (QED) is 0.538. The molecule has 0 spiro atoms. The van der Waals surface area contributed by atoms with Crippen LogP contribution in [0, 0.1) is 0 Å². The van der Waals surface area contributed by atoms with Crippen molar-refractivity contribution in [3.63, 3.8) is 0 Å². The van der Waals surface area contributed by atoms with Gasteiger partial charge in [-0.3, -0.25) is 14.5 Å². The third kappa shape index (κ3) is 3.81. The molecule has 8 heteroatoms. The number of aliphatic hydroxyl groups is 1. The maximum atomic E-state index is 12.9. The van der Waals surface area contributed by atoms with Gasteiger partial charge in [-0.15, -0.1) is 0 Å². The summed E-state index contributed by atoms with van der Waals surface area (Å²) in [5.41, 5.74) is 5.36. The fourth-order valence-corrected chi connectivity index (χ4v) is 3.71. The molecule has 1 saturated heterocycles. The fourth-order valence-electron chi connectivity index (χ4n) is 3.71. The minimum absolute atomic E-state index is 0.0407. The number of pyridine rings is 1. The molecule has 0 bridgehead atoms. The summed E-state index contributed by atoms with van der Waals surface area (Å²) in [6.07, 6.45) is 5.02. The van der Waals surface area contributed by atoms with E-state index in [1.54, 1.807) is 18.2 Å². The van der Waals surface area contributed by atoms with Crippen molar-refractivity contribution in [2.24, 2.45) is 0 Å². The van der Waals surface area contributed by atoms with E-state index >= 15 is 0 Å². The van der Waals surface area contributed by atoms with Gasteiger partial charge in [0.2, 0.25) is 5.91 Å². The molecule has 1 aromatic heterocycles. The van der Waals surface area contributed by atoms with E-state index in [2.05, 4.69) is 20.5 Å². The zero-order chi connectivity index (χ0) is 18.6. The number of hydrogen-bond donors (Lipinski definition) is 4. The number of carbonyl (C=O) groups is 2. The summed E-state index contributed by atoms with van der Waals surface area (Å²) >= 11 is 0. The van der Waals surface area contributed by atoms with Gasteiger partial charge in [0.25, 0.3) is 5.91 Å². The molecular weight excluding hydrogens is 334 g/mol. The number of aliphatic hydroxyl groups excluding tert-OH is 1. The Bertz CT molecular complexity index is 656. The predicted molar refractivity (Wildman–Crippen MR) is 97.4 cm³/mol. The van der Waals surface area contributed by atoms with Crippen LogP contribution in [0.4, 0.5) is 5.82 Å². The van der Waals surface area contributed by atoms with E-state index in [1.165, 1.54) is 0 Å². The number of hydrogen-bond acceptors (Lipinski definition) is 6. The zero-order valence-corrected chi connectivity index (χ0v) is 14.9. The molecule has 2 fully saturated rings. The van der Waals surface area contributed by atoms with E-state index in [-0.39, 0.29) is 36.5 Å². The minimum atomic E-state index is -0.535. The van der Waals surface area contributed by atoms with Gasteiger partial charge in [0.05, 0.1) is 12.6 Å². The molecule has 1 unspecified atom stereocenters. The van der Waals surface area contributed by atoms with Crippen LogP contribution in [0.1, 0.15) is 42.6 Å². The van der Waals surface area contributed by atoms with Crippen LogP contribution in [0.3, 0.4) is 0 Å². The SMILES string of the molecule is Nc1cccc(C(=O)NCC(CO)NC(=O)C2(N3CCCC3)CCC2)n1. The second kappa shape index (κ2) is 8.01. The average Bonchev–Trinajstić information content (AvgIpc) is 3.12. The van der Waals surface area contributed by atoms with Crippen LogP contribution in [-0.4, -0.2) is 64.6 Å². The van der Waals surface area contributed by atoms with E-state index < -0.39 is 11.6 Å². The Hall–Kier alpha value is -2.19. The molecule has 3 rings (SSSR count). The Kier molecular flexibility index (Phi) is 5.73. The van der Waals surface area contributed by atoms with Crippen LogP contribution >= 0.6 is 0 Å². The Morgan fingerprint density at radius 3 is 2.58 bits per heavy atom. The number of nitrogens with two attached hydrogens (primary N) is 1. The Morgan fingerprint density at radius 2 is 2.00 bits per heavy atom. The van der Waals surface area contributed by atoms with Gasteiger partial charge in [0, 0.05) is 6.54 Å². The molecule has 2 heterocycles. The maximum Gasteiger partial charge on any atom is 0.270 e. The number of amides is 2. The number of anilines is 1. The molecule has 2 aliphatic rings. The summed E-state index contributed by atoms with van der Waals surface area (Å²) in [5.74, 6) is -0.161. The number of aromatic nitrogens is 1. The first-order valence-electron chi connectivity index (χ1n) is 9.23. The summed E-state index contributed by atoms with van der Waals surface area (Å²) in [6, 6.07) is 4.28. The average molecular weight is 361 g/mol. The van der Waals surface area contributed by atoms with E-state index in [1.807, 2.05) is 0 Å². The lowest BCUT2D eigenvalue weighted by molar-refractivity contribution is -0.140. The highest BCUT2D eigenvalue weighted by atomic mass is 16.3. The first kappa shape index (κ1) is 18.6. The molecule has 0 aromatic carbocycles. The van der Waals surface area contributed by atoms with E-state index in [0.717, 1.165) is 45.2 Å². The van der Waals surface area contributed by atoms with Crippen molar-refractivity contribution in [2.75, 3.05) is 32.0 Å². The number of likely N-dealkylation sites (tertiary alicyclic amines) is 1. The topological polar surface area (TPSA) is 121 Å². The molecule has 1 aromatic rings. The highest BCUT2D eigenvalue weighted by Gasteiger charge is 2.49. The van der Waals surface area contributed by atoms with E-state index in [0.29, 0.717) is 0 Å². The molecule has 0 radical (unpaired) electrons. The van der Waals surface area contributed by atoms with Gasteiger partial charge in [0.15, 0.2) is 0 Å². The highest BCUT2D eigenvalue weighted by Crippen LogP contribution is 2.39. The van der Waals surface area contributed by atoms with Gasteiger partial charge in [-0.25, -0.2) is 4.98 Å². The smallest absolute Gasteiger partial charge is 0.270 e. The van der Waals surface area contributed by atoms with Crippen LogP contribution in [0.5, 0.6) is 0 Å². The Balaban J connectivity index is 1.55. The molecule has 1 atom stereocenters. The van der Waals surface area contributed by atoms with Crippen molar-refractivity contribution in [1.29, 1.82) is 0 Å². The number of nitrogen functional groups attached to an aromatic ring is 1. The number of nitrogens with zero attached hydrogens (tertiary/aromatic N) is 2. The minimum Gasteiger partial charge on any atom is -0.394 e. The molecule has 5 N–H and O–H groups in total. The molecular formula is C18H27N5O3.